The topological polar surface area (TPSA) is 66.8 Å². The molecule has 0 atom stereocenters. The molecule has 1 heterocycles. The van der Waals surface area contributed by atoms with Crippen LogP contribution in [-0.4, -0.2) is 33.8 Å². The number of carbonyl (C=O) groups excluding carboxylic acids is 2. The highest BCUT2D eigenvalue weighted by molar-refractivity contribution is 9.10. The molecule has 1 aliphatic heterocycles. The number of imide groups is 1. The summed E-state index contributed by atoms with van der Waals surface area (Å²) in [6.07, 6.45) is 1.62. The first-order valence-corrected chi connectivity index (χ1v) is 8.38. The quantitative estimate of drug-likeness (QED) is 0.793. The summed E-state index contributed by atoms with van der Waals surface area (Å²) in [6, 6.07) is 3.12. The number of benzene rings is 1. The van der Waals surface area contributed by atoms with Crippen LogP contribution in [0.1, 0.15) is 26.3 Å². The Morgan fingerprint density at radius 3 is 2.64 bits per heavy atom. The highest BCUT2D eigenvalue weighted by Gasteiger charge is 2.36. The van der Waals surface area contributed by atoms with Gasteiger partial charge < -0.3 is 9.84 Å². The number of halogens is 1. The number of thioether (sulfide) groups is 1. The SMILES string of the molecule is CCOc1cc(/C=C2\SC(=O)N(C(C)C)C2=O)cc(Br)c1O. The maximum absolute atomic E-state index is 12.2. The standard InChI is InChI=1S/C15H16BrNO4S/c1-4-21-11-6-9(5-10(16)13(11)18)7-12-14(19)17(8(2)3)15(20)22-12/h5-8,18H,4H2,1-3H3/b12-7-. The Kier molecular flexibility index (Phi) is 5.18. The number of rotatable bonds is 4. The fourth-order valence-corrected chi connectivity index (χ4v) is 3.44. The number of carbonyl (C=O) groups is 2. The molecule has 0 saturated carbocycles. The molecular weight excluding hydrogens is 370 g/mol. The number of phenols is 1. The predicted molar refractivity (Wildman–Crippen MR) is 89.9 cm³/mol. The van der Waals surface area contributed by atoms with Crippen molar-refractivity contribution in [3.63, 3.8) is 0 Å². The summed E-state index contributed by atoms with van der Waals surface area (Å²) in [5.41, 5.74) is 0.669. The van der Waals surface area contributed by atoms with Crippen LogP contribution in [0.5, 0.6) is 11.5 Å². The van der Waals surface area contributed by atoms with E-state index >= 15 is 0 Å². The minimum atomic E-state index is -0.299. The van der Waals surface area contributed by atoms with Gasteiger partial charge in [-0.15, -0.1) is 0 Å². The molecule has 1 saturated heterocycles. The summed E-state index contributed by atoms with van der Waals surface area (Å²) in [5.74, 6) is 0.0349. The van der Waals surface area contributed by atoms with Crippen LogP contribution >= 0.6 is 27.7 Å². The first kappa shape index (κ1) is 16.9. The normalized spacial score (nSPS) is 17.0. The monoisotopic (exact) mass is 385 g/mol. The first-order valence-electron chi connectivity index (χ1n) is 6.77. The van der Waals surface area contributed by atoms with Crippen LogP contribution in [0.15, 0.2) is 21.5 Å². The van der Waals surface area contributed by atoms with Gasteiger partial charge in [0.25, 0.3) is 11.1 Å². The molecule has 0 radical (unpaired) electrons. The van der Waals surface area contributed by atoms with Crippen LogP contribution in [0.3, 0.4) is 0 Å². The summed E-state index contributed by atoms with van der Waals surface area (Å²) in [7, 11) is 0. The van der Waals surface area contributed by atoms with Gasteiger partial charge in [0.05, 0.1) is 16.0 Å². The molecule has 2 amide bonds. The van der Waals surface area contributed by atoms with Gasteiger partial charge in [0.15, 0.2) is 11.5 Å². The van der Waals surface area contributed by atoms with Gasteiger partial charge in [0, 0.05) is 6.04 Å². The molecule has 0 aromatic heterocycles. The van der Waals surface area contributed by atoms with Gasteiger partial charge in [0.1, 0.15) is 0 Å². The summed E-state index contributed by atoms with van der Waals surface area (Å²) in [6.45, 7) is 5.81. The van der Waals surface area contributed by atoms with Crippen molar-refractivity contribution in [3.8, 4) is 11.5 Å². The Hall–Kier alpha value is -1.47. The number of hydrogen-bond acceptors (Lipinski definition) is 5. The third kappa shape index (κ3) is 3.30. The van der Waals surface area contributed by atoms with Gasteiger partial charge in [-0.3, -0.25) is 14.5 Å². The molecule has 22 heavy (non-hydrogen) atoms. The minimum Gasteiger partial charge on any atom is -0.503 e. The second-order valence-corrected chi connectivity index (χ2v) is 6.78. The van der Waals surface area contributed by atoms with E-state index in [1.807, 2.05) is 6.92 Å². The Labute approximate surface area is 141 Å². The van der Waals surface area contributed by atoms with E-state index in [0.717, 1.165) is 11.8 Å². The lowest BCUT2D eigenvalue weighted by atomic mass is 10.2. The van der Waals surface area contributed by atoms with Gasteiger partial charge in [-0.05, 0) is 72.2 Å². The zero-order valence-electron chi connectivity index (χ0n) is 12.4. The zero-order valence-corrected chi connectivity index (χ0v) is 14.8. The number of aromatic hydroxyl groups is 1. The van der Waals surface area contributed by atoms with Crippen molar-refractivity contribution in [1.82, 2.24) is 4.90 Å². The van der Waals surface area contributed by atoms with Crippen molar-refractivity contribution < 1.29 is 19.4 Å². The molecule has 1 N–H and O–H groups in total. The fraction of sp³-hybridized carbons (Fsp3) is 0.333. The Morgan fingerprint density at radius 2 is 2.09 bits per heavy atom. The van der Waals surface area contributed by atoms with Gasteiger partial charge in [0.2, 0.25) is 0 Å². The summed E-state index contributed by atoms with van der Waals surface area (Å²) in [4.78, 5) is 25.7. The largest absolute Gasteiger partial charge is 0.503 e. The molecule has 1 aromatic rings. The highest BCUT2D eigenvalue weighted by atomic mass is 79.9. The number of phenolic OH excluding ortho intramolecular Hbond substituents is 1. The summed E-state index contributed by atoms with van der Waals surface area (Å²) < 4.78 is 5.82. The molecule has 118 valence electrons. The summed E-state index contributed by atoms with van der Waals surface area (Å²) in [5, 5.41) is 9.63. The third-order valence-corrected chi connectivity index (χ3v) is 4.48. The molecule has 1 fully saturated rings. The van der Waals surface area contributed by atoms with E-state index in [4.69, 9.17) is 4.74 Å². The average Bonchev–Trinajstić information content (AvgIpc) is 2.70. The molecule has 0 aliphatic carbocycles. The van der Waals surface area contributed by atoms with Crippen molar-refractivity contribution in [2.75, 3.05) is 6.61 Å². The summed E-state index contributed by atoms with van der Waals surface area (Å²) >= 11 is 4.16. The fourth-order valence-electron chi connectivity index (χ4n) is 2.02. The second-order valence-electron chi connectivity index (χ2n) is 4.93. The van der Waals surface area contributed by atoms with Gasteiger partial charge >= 0.3 is 0 Å². The molecule has 1 aliphatic rings. The minimum absolute atomic E-state index is 0.00860. The third-order valence-electron chi connectivity index (χ3n) is 2.99. The van der Waals surface area contributed by atoms with E-state index in [9.17, 15) is 14.7 Å². The van der Waals surface area contributed by atoms with E-state index in [2.05, 4.69) is 15.9 Å². The van der Waals surface area contributed by atoms with Crippen LogP contribution in [0.25, 0.3) is 6.08 Å². The van der Waals surface area contributed by atoms with Crippen LogP contribution in [0.2, 0.25) is 0 Å². The Balaban J connectivity index is 2.38. The van der Waals surface area contributed by atoms with Gasteiger partial charge in [-0.2, -0.15) is 0 Å². The van der Waals surface area contributed by atoms with E-state index in [1.54, 1.807) is 32.1 Å². The lowest BCUT2D eigenvalue weighted by Crippen LogP contribution is -2.34. The van der Waals surface area contributed by atoms with E-state index in [-0.39, 0.29) is 22.9 Å². The van der Waals surface area contributed by atoms with Gasteiger partial charge in [-0.25, -0.2) is 0 Å². The zero-order chi connectivity index (χ0) is 16.4. The maximum Gasteiger partial charge on any atom is 0.293 e. The van der Waals surface area contributed by atoms with Crippen LogP contribution in [0.4, 0.5) is 4.79 Å². The van der Waals surface area contributed by atoms with Crippen molar-refractivity contribution in [1.29, 1.82) is 0 Å². The van der Waals surface area contributed by atoms with E-state index in [0.29, 0.717) is 27.3 Å². The van der Waals surface area contributed by atoms with Crippen molar-refractivity contribution in [2.24, 2.45) is 0 Å². The average molecular weight is 386 g/mol. The van der Waals surface area contributed by atoms with Crippen LogP contribution < -0.4 is 4.74 Å². The van der Waals surface area contributed by atoms with Crippen molar-refractivity contribution in [3.05, 3.63) is 27.1 Å². The molecule has 0 bridgehead atoms. The molecule has 1 aromatic carbocycles. The maximum atomic E-state index is 12.2. The molecule has 2 rings (SSSR count). The lowest BCUT2D eigenvalue weighted by Gasteiger charge is -2.16. The molecule has 0 spiro atoms. The van der Waals surface area contributed by atoms with Gasteiger partial charge in [-0.1, -0.05) is 0 Å². The Bertz CT molecular complexity index is 657. The first-order chi connectivity index (χ1) is 10.3. The number of nitrogens with zero attached hydrogens (tertiary/aromatic N) is 1. The van der Waals surface area contributed by atoms with Crippen LogP contribution in [0, 0.1) is 0 Å². The molecule has 5 nitrogen and oxygen atoms in total. The van der Waals surface area contributed by atoms with E-state index < -0.39 is 0 Å². The predicted octanol–water partition coefficient (Wildman–Crippen LogP) is 4.00. The molecular formula is C15H16BrNO4S. The molecule has 0 unspecified atom stereocenters. The molecule has 7 heteroatoms. The number of amides is 2. The van der Waals surface area contributed by atoms with Crippen molar-refractivity contribution in [2.45, 2.75) is 26.8 Å². The van der Waals surface area contributed by atoms with Crippen LogP contribution in [-0.2, 0) is 4.79 Å². The number of ether oxygens (including phenoxy) is 1. The lowest BCUT2D eigenvalue weighted by molar-refractivity contribution is -0.123. The van der Waals surface area contributed by atoms with Crippen molar-refractivity contribution >= 4 is 44.9 Å². The smallest absolute Gasteiger partial charge is 0.293 e. The second kappa shape index (κ2) is 6.75. The highest BCUT2D eigenvalue weighted by Crippen LogP contribution is 2.38. The van der Waals surface area contributed by atoms with E-state index in [1.165, 1.54) is 4.90 Å². The Morgan fingerprint density at radius 1 is 1.41 bits per heavy atom. The number of hydrogen-bond donors (Lipinski definition) is 1.